The summed E-state index contributed by atoms with van der Waals surface area (Å²) in [6.07, 6.45) is 0. The summed E-state index contributed by atoms with van der Waals surface area (Å²) in [7, 11) is 0. The van der Waals surface area contributed by atoms with Gasteiger partial charge in [0.25, 0.3) is 0 Å². The number of fused-ring (bicyclic) bond motifs is 1. The molecule has 0 amide bonds. The lowest BCUT2D eigenvalue weighted by Crippen LogP contribution is -2.06. The van der Waals surface area contributed by atoms with E-state index in [0.29, 0.717) is 6.54 Å². The molecule has 0 aliphatic carbocycles. The van der Waals surface area contributed by atoms with Crippen LogP contribution in [0.2, 0.25) is 0 Å². The molecule has 0 saturated carbocycles. The summed E-state index contributed by atoms with van der Waals surface area (Å²) in [6, 6.07) is 19.7. The molecule has 3 heteroatoms. The Kier molecular flexibility index (Phi) is 3.61. The van der Waals surface area contributed by atoms with Crippen molar-refractivity contribution in [1.29, 1.82) is 0 Å². The van der Waals surface area contributed by atoms with Crippen LogP contribution >= 0.6 is 0 Å². The third kappa shape index (κ3) is 2.49. The van der Waals surface area contributed by atoms with E-state index in [-0.39, 0.29) is 6.61 Å². The monoisotopic (exact) mass is 265 g/mol. The molecule has 1 aromatic heterocycles. The Labute approximate surface area is 116 Å². The van der Waals surface area contributed by atoms with Crippen LogP contribution in [0.5, 0.6) is 0 Å². The molecule has 0 aliphatic heterocycles. The molecule has 1 heterocycles. The zero-order valence-corrected chi connectivity index (χ0v) is 11.0. The van der Waals surface area contributed by atoms with Crippen molar-refractivity contribution in [3.05, 3.63) is 66.0 Å². The van der Waals surface area contributed by atoms with Crippen LogP contribution in [0.4, 0.5) is 0 Å². The van der Waals surface area contributed by atoms with Crippen molar-refractivity contribution in [2.75, 3.05) is 13.2 Å². The van der Waals surface area contributed by atoms with Gasteiger partial charge in [-0.1, -0.05) is 42.5 Å². The molecular formula is C17H15NO2. The van der Waals surface area contributed by atoms with E-state index in [1.165, 1.54) is 0 Å². The predicted molar refractivity (Wildman–Crippen MR) is 79.2 cm³/mol. The van der Waals surface area contributed by atoms with Gasteiger partial charge >= 0.3 is 0 Å². The van der Waals surface area contributed by atoms with Crippen LogP contribution in [-0.4, -0.2) is 18.3 Å². The molecule has 3 nitrogen and oxygen atoms in total. The lowest BCUT2D eigenvalue weighted by molar-refractivity contribution is 0.306. The van der Waals surface area contributed by atoms with Gasteiger partial charge in [0.05, 0.1) is 18.5 Å². The molecule has 0 bridgehead atoms. The summed E-state index contributed by atoms with van der Waals surface area (Å²) < 4.78 is 5.95. The number of aliphatic hydroxyl groups excluding tert-OH is 1. The number of nitrogens with zero attached hydrogens (tertiary/aromatic N) is 1. The predicted octanol–water partition coefficient (Wildman–Crippen LogP) is 2.99. The minimum absolute atomic E-state index is 0.0427. The zero-order chi connectivity index (χ0) is 13.8. The highest BCUT2D eigenvalue weighted by molar-refractivity contribution is 5.78. The zero-order valence-electron chi connectivity index (χ0n) is 11.0. The quantitative estimate of drug-likeness (QED) is 0.791. The van der Waals surface area contributed by atoms with Gasteiger partial charge in [0.2, 0.25) is 0 Å². The standard InChI is InChI=1S/C17H15NO2/c19-11-10-18-15-12-17(13-6-2-1-3-7-13)20-16-9-5-4-8-14(15)16/h1-9,12,19H,10-11H2. The Balaban J connectivity index is 2.25. The second-order valence-corrected chi connectivity index (χ2v) is 4.46. The smallest absolute Gasteiger partial charge is 0.136 e. The fraction of sp³-hybridized carbons (Fsp3) is 0.118. The maximum atomic E-state index is 8.97. The van der Waals surface area contributed by atoms with Crippen molar-refractivity contribution in [2.45, 2.75) is 0 Å². The summed E-state index contributed by atoms with van der Waals surface area (Å²) in [4.78, 5) is 4.43. The van der Waals surface area contributed by atoms with Gasteiger partial charge in [-0.15, -0.1) is 0 Å². The molecule has 0 spiro atoms. The van der Waals surface area contributed by atoms with Crippen molar-refractivity contribution in [3.8, 4) is 11.3 Å². The highest BCUT2D eigenvalue weighted by Crippen LogP contribution is 2.21. The van der Waals surface area contributed by atoms with Crippen LogP contribution in [0.3, 0.4) is 0 Å². The first-order valence-electron chi connectivity index (χ1n) is 6.58. The maximum absolute atomic E-state index is 8.97. The maximum Gasteiger partial charge on any atom is 0.136 e. The number of hydrogen-bond donors (Lipinski definition) is 1. The lowest BCUT2D eigenvalue weighted by Gasteiger charge is -2.04. The van der Waals surface area contributed by atoms with E-state index in [0.717, 1.165) is 27.7 Å². The first kappa shape index (κ1) is 12.6. The summed E-state index contributed by atoms with van der Waals surface area (Å²) in [5, 5.41) is 10.8. The SMILES string of the molecule is OCCN=c1cc(-c2ccccc2)oc2ccccc12. The average Bonchev–Trinajstić information content (AvgIpc) is 2.53. The topological polar surface area (TPSA) is 45.7 Å². The molecule has 0 atom stereocenters. The number of benzene rings is 2. The van der Waals surface area contributed by atoms with Crippen LogP contribution in [0, 0.1) is 0 Å². The molecule has 20 heavy (non-hydrogen) atoms. The van der Waals surface area contributed by atoms with Crippen LogP contribution in [0.15, 0.2) is 70.1 Å². The van der Waals surface area contributed by atoms with E-state index < -0.39 is 0 Å². The molecule has 0 aliphatic rings. The summed E-state index contributed by atoms with van der Waals surface area (Å²) in [5.41, 5.74) is 1.81. The molecular weight excluding hydrogens is 250 g/mol. The van der Waals surface area contributed by atoms with Gasteiger partial charge in [-0.2, -0.15) is 0 Å². The van der Waals surface area contributed by atoms with Gasteiger partial charge in [0, 0.05) is 17.0 Å². The lowest BCUT2D eigenvalue weighted by atomic mass is 10.1. The van der Waals surface area contributed by atoms with E-state index in [1.54, 1.807) is 0 Å². The van der Waals surface area contributed by atoms with E-state index in [4.69, 9.17) is 9.52 Å². The summed E-state index contributed by atoms with van der Waals surface area (Å²) >= 11 is 0. The van der Waals surface area contributed by atoms with Gasteiger partial charge < -0.3 is 9.52 Å². The van der Waals surface area contributed by atoms with Crippen molar-refractivity contribution in [2.24, 2.45) is 4.99 Å². The summed E-state index contributed by atoms with van der Waals surface area (Å²) in [5.74, 6) is 0.779. The van der Waals surface area contributed by atoms with E-state index in [2.05, 4.69) is 4.99 Å². The van der Waals surface area contributed by atoms with Crippen LogP contribution in [0.25, 0.3) is 22.3 Å². The average molecular weight is 265 g/mol. The molecule has 100 valence electrons. The van der Waals surface area contributed by atoms with E-state index >= 15 is 0 Å². The fourth-order valence-electron chi connectivity index (χ4n) is 2.16. The molecule has 2 aromatic carbocycles. The van der Waals surface area contributed by atoms with E-state index in [1.807, 2.05) is 60.7 Å². The van der Waals surface area contributed by atoms with Gasteiger partial charge in [-0.05, 0) is 12.1 Å². The normalized spacial score (nSPS) is 11.9. The van der Waals surface area contributed by atoms with Gasteiger partial charge in [0.1, 0.15) is 11.3 Å². The van der Waals surface area contributed by atoms with Crippen LogP contribution < -0.4 is 5.36 Å². The minimum atomic E-state index is 0.0427. The van der Waals surface area contributed by atoms with Crippen molar-refractivity contribution in [3.63, 3.8) is 0 Å². The van der Waals surface area contributed by atoms with Gasteiger partial charge in [-0.3, -0.25) is 4.99 Å². The molecule has 0 fully saturated rings. The Hall–Kier alpha value is -2.39. The number of aliphatic hydroxyl groups is 1. The minimum Gasteiger partial charge on any atom is -0.456 e. The number of rotatable bonds is 3. The first-order chi connectivity index (χ1) is 9.88. The second-order valence-electron chi connectivity index (χ2n) is 4.46. The molecule has 3 aromatic rings. The summed E-state index contributed by atoms with van der Waals surface area (Å²) in [6.45, 7) is 0.434. The third-order valence-corrected chi connectivity index (χ3v) is 3.09. The molecule has 0 radical (unpaired) electrons. The molecule has 0 unspecified atom stereocenters. The largest absolute Gasteiger partial charge is 0.456 e. The van der Waals surface area contributed by atoms with Crippen molar-refractivity contribution < 1.29 is 9.52 Å². The highest BCUT2D eigenvalue weighted by Gasteiger charge is 2.04. The molecule has 1 N–H and O–H groups in total. The van der Waals surface area contributed by atoms with Gasteiger partial charge in [0.15, 0.2) is 0 Å². The highest BCUT2D eigenvalue weighted by atomic mass is 16.3. The van der Waals surface area contributed by atoms with Crippen molar-refractivity contribution in [1.82, 2.24) is 0 Å². The van der Waals surface area contributed by atoms with Crippen LogP contribution in [-0.2, 0) is 0 Å². The van der Waals surface area contributed by atoms with Gasteiger partial charge in [-0.25, -0.2) is 0 Å². The Morgan fingerprint density at radius 2 is 1.70 bits per heavy atom. The number of hydrogen-bond acceptors (Lipinski definition) is 3. The molecule has 0 saturated heterocycles. The fourth-order valence-corrected chi connectivity index (χ4v) is 2.16. The second kappa shape index (κ2) is 5.72. The van der Waals surface area contributed by atoms with E-state index in [9.17, 15) is 0 Å². The Morgan fingerprint density at radius 3 is 2.50 bits per heavy atom. The molecule has 3 rings (SSSR count). The Bertz CT molecular complexity index is 776. The van der Waals surface area contributed by atoms with Crippen molar-refractivity contribution >= 4 is 11.0 Å². The number of para-hydroxylation sites is 1. The Morgan fingerprint density at radius 1 is 0.950 bits per heavy atom. The third-order valence-electron chi connectivity index (χ3n) is 3.09. The van der Waals surface area contributed by atoms with Crippen LogP contribution in [0.1, 0.15) is 0 Å². The first-order valence-corrected chi connectivity index (χ1v) is 6.58.